The number of anilines is 1. The van der Waals surface area contributed by atoms with Crippen molar-refractivity contribution in [3.05, 3.63) is 42.4 Å². The Labute approximate surface area is 142 Å². The predicted octanol–water partition coefficient (Wildman–Crippen LogP) is 4.19. The fraction of sp³-hybridized carbons (Fsp3) is 0.0909. The van der Waals surface area contributed by atoms with E-state index < -0.39 is 10.0 Å². The van der Waals surface area contributed by atoms with Gasteiger partial charge in [0.1, 0.15) is 4.90 Å². The maximum Gasteiger partial charge on any atom is 0.263 e. The zero-order valence-corrected chi connectivity index (χ0v) is 15.4. The van der Waals surface area contributed by atoms with Crippen molar-refractivity contribution < 1.29 is 8.42 Å². The van der Waals surface area contributed by atoms with Gasteiger partial charge in [0.2, 0.25) is 0 Å². The first-order chi connectivity index (χ1) is 9.33. The summed E-state index contributed by atoms with van der Waals surface area (Å²) in [5, 5.41) is 0.443. The predicted molar refractivity (Wildman–Crippen MR) is 89.9 cm³/mol. The van der Waals surface area contributed by atoms with Gasteiger partial charge in [-0.1, -0.05) is 11.6 Å². The van der Waals surface area contributed by atoms with Crippen LogP contribution in [0.15, 0.2) is 37.4 Å². The summed E-state index contributed by atoms with van der Waals surface area (Å²) in [6.07, 6.45) is 0. The lowest BCUT2D eigenvalue weighted by Gasteiger charge is -2.09. The van der Waals surface area contributed by atoms with Crippen molar-refractivity contribution in [2.45, 2.75) is 11.4 Å². The molecule has 0 aliphatic rings. The van der Waals surface area contributed by atoms with Gasteiger partial charge in [-0.2, -0.15) is 0 Å². The molecule has 0 atom stereocenters. The van der Waals surface area contributed by atoms with E-state index in [-0.39, 0.29) is 4.90 Å². The van der Waals surface area contributed by atoms with Crippen LogP contribution in [0.4, 0.5) is 5.69 Å². The molecule has 0 saturated heterocycles. The number of rotatable bonds is 4. The summed E-state index contributed by atoms with van der Waals surface area (Å²) in [6, 6.07) is 6.42. The lowest BCUT2D eigenvalue weighted by Crippen LogP contribution is -2.13. The molecule has 4 nitrogen and oxygen atoms in total. The third-order valence-corrected chi connectivity index (χ3v) is 6.94. The molecule has 2 aromatic rings. The number of nitrogens with two attached hydrogens (primary N) is 1. The average Bonchev–Trinajstić information content (AvgIpc) is 2.76. The van der Waals surface area contributed by atoms with E-state index >= 15 is 0 Å². The highest BCUT2D eigenvalue weighted by Gasteiger charge is 2.21. The van der Waals surface area contributed by atoms with Crippen molar-refractivity contribution >= 4 is 70.5 Å². The maximum atomic E-state index is 12.4. The van der Waals surface area contributed by atoms with Crippen molar-refractivity contribution in [3.63, 3.8) is 0 Å². The van der Waals surface area contributed by atoms with Crippen LogP contribution in [0.25, 0.3) is 0 Å². The Morgan fingerprint density at radius 2 is 2.00 bits per heavy atom. The van der Waals surface area contributed by atoms with E-state index in [4.69, 9.17) is 17.3 Å². The van der Waals surface area contributed by atoms with Crippen LogP contribution in [0.5, 0.6) is 0 Å². The van der Waals surface area contributed by atoms with Gasteiger partial charge in [0, 0.05) is 20.9 Å². The highest BCUT2D eigenvalue weighted by Crippen LogP contribution is 2.34. The zero-order chi connectivity index (χ0) is 14.9. The van der Waals surface area contributed by atoms with Gasteiger partial charge in [-0.15, -0.1) is 11.3 Å². The molecule has 3 N–H and O–H groups in total. The molecular weight excluding hydrogens is 452 g/mol. The van der Waals surface area contributed by atoms with Gasteiger partial charge in [-0.3, -0.25) is 4.72 Å². The molecule has 108 valence electrons. The van der Waals surface area contributed by atoms with Crippen molar-refractivity contribution in [1.29, 1.82) is 0 Å². The summed E-state index contributed by atoms with van der Waals surface area (Å²) < 4.78 is 28.4. The second-order valence-electron chi connectivity index (χ2n) is 3.78. The summed E-state index contributed by atoms with van der Waals surface area (Å²) in [7, 11) is -3.70. The van der Waals surface area contributed by atoms with Crippen LogP contribution in [0.3, 0.4) is 0 Å². The van der Waals surface area contributed by atoms with Crippen molar-refractivity contribution in [1.82, 2.24) is 0 Å². The van der Waals surface area contributed by atoms with E-state index in [1.807, 2.05) is 0 Å². The molecule has 2 rings (SSSR count). The Balaban J connectivity index is 2.40. The van der Waals surface area contributed by atoms with E-state index in [0.717, 1.165) is 4.88 Å². The van der Waals surface area contributed by atoms with Crippen molar-refractivity contribution in [2.24, 2.45) is 5.73 Å². The maximum absolute atomic E-state index is 12.4. The fourth-order valence-corrected chi connectivity index (χ4v) is 5.74. The Morgan fingerprint density at radius 1 is 1.30 bits per heavy atom. The van der Waals surface area contributed by atoms with Gasteiger partial charge in [0.15, 0.2) is 0 Å². The Hall–Kier alpha value is -0.120. The van der Waals surface area contributed by atoms with Crippen LogP contribution in [-0.4, -0.2) is 8.42 Å². The molecule has 0 unspecified atom stereocenters. The van der Waals surface area contributed by atoms with Crippen LogP contribution in [0.1, 0.15) is 4.88 Å². The Morgan fingerprint density at radius 3 is 2.60 bits per heavy atom. The monoisotopic (exact) mass is 458 g/mol. The average molecular weight is 461 g/mol. The number of thiophene rings is 1. The van der Waals surface area contributed by atoms with Crippen molar-refractivity contribution in [2.75, 3.05) is 4.72 Å². The van der Waals surface area contributed by atoms with Crippen LogP contribution in [0, 0.1) is 0 Å². The molecule has 0 spiro atoms. The van der Waals surface area contributed by atoms with Gasteiger partial charge in [0.05, 0.1) is 9.47 Å². The quantitative estimate of drug-likeness (QED) is 0.719. The molecule has 0 aliphatic carbocycles. The lowest BCUT2D eigenvalue weighted by atomic mass is 10.3. The fourth-order valence-electron chi connectivity index (χ4n) is 1.46. The number of hydrogen-bond acceptors (Lipinski definition) is 4. The number of benzene rings is 1. The topological polar surface area (TPSA) is 72.2 Å². The molecule has 0 bridgehead atoms. The minimum absolute atomic E-state index is 0.162. The SMILES string of the molecule is NCc1cc(S(=O)(=O)Nc2cc(Cl)ccc2Br)c(Br)s1. The van der Waals surface area contributed by atoms with Gasteiger partial charge in [0.25, 0.3) is 10.0 Å². The molecule has 0 saturated carbocycles. The van der Waals surface area contributed by atoms with E-state index in [1.165, 1.54) is 17.4 Å². The van der Waals surface area contributed by atoms with Gasteiger partial charge >= 0.3 is 0 Å². The molecule has 0 radical (unpaired) electrons. The van der Waals surface area contributed by atoms with E-state index in [2.05, 4.69) is 36.6 Å². The summed E-state index contributed by atoms with van der Waals surface area (Å²) in [6.45, 7) is 0.291. The van der Waals surface area contributed by atoms with Crippen molar-refractivity contribution in [3.8, 4) is 0 Å². The summed E-state index contributed by atoms with van der Waals surface area (Å²) in [5.41, 5.74) is 5.90. The molecule has 0 aliphatic heterocycles. The van der Waals surface area contributed by atoms with Gasteiger partial charge in [-0.05, 0) is 56.1 Å². The number of sulfonamides is 1. The van der Waals surface area contributed by atoms with Crippen LogP contribution in [-0.2, 0) is 16.6 Å². The van der Waals surface area contributed by atoms with Gasteiger partial charge < -0.3 is 5.73 Å². The molecule has 1 aromatic heterocycles. The highest BCUT2D eigenvalue weighted by molar-refractivity contribution is 9.11. The molecular formula is C11H9Br2ClN2O2S2. The normalized spacial score (nSPS) is 11.6. The molecule has 0 amide bonds. The Bertz CT molecular complexity index is 747. The molecule has 0 fully saturated rings. The third-order valence-electron chi connectivity index (χ3n) is 2.37. The number of hydrogen-bond donors (Lipinski definition) is 2. The summed E-state index contributed by atoms with van der Waals surface area (Å²) >= 11 is 13.7. The second kappa shape index (κ2) is 6.33. The van der Waals surface area contributed by atoms with Gasteiger partial charge in [-0.25, -0.2) is 8.42 Å². The van der Waals surface area contributed by atoms with Crippen LogP contribution >= 0.6 is 54.8 Å². The molecule has 9 heteroatoms. The standard InChI is InChI=1S/C11H9Br2ClN2O2S2/c12-8-2-1-6(14)3-9(8)16-20(17,18)10-4-7(5-15)19-11(10)13/h1-4,16H,5,15H2. The molecule has 20 heavy (non-hydrogen) atoms. The van der Waals surface area contributed by atoms with E-state index in [0.29, 0.717) is 25.5 Å². The zero-order valence-electron chi connectivity index (χ0n) is 9.86. The van der Waals surface area contributed by atoms with E-state index in [9.17, 15) is 8.42 Å². The van der Waals surface area contributed by atoms with Crippen LogP contribution in [0.2, 0.25) is 5.02 Å². The summed E-state index contributed by atoms with van der Waals surface area (Å²) in [4.78, 5) is 0.942. The minimum Gasteiger partial charge on any atom is -0.326 e. The smallest absolute Gasteiger partial charge is 0.263 e. The number of halogens is 3. The molecule has 1 heterocycles. The largest absolute Gasteiger partial charge is 0.326 e. The lowest BCUT2D eigenvalue weighted by molar-refractivity contribution is 0.601. The highest BCUT2D eigenvalue weighted by atomic mass is 79.9. The first-order valence-corrected chi connectivity index (χ1v) is 9.56. The summed E-state index contributed by atoms with van der Waals surface area (Å²) in [5.74, 6) is 0. The first-order valence-electron chi connectivity index (χ1n) is 5.29. The Kier molecular flexibility index (Phi) is 5.14. The third kappa shape index (κ3) is 3.55. The number of nitrogens with one attached hydrogen (secondary N) is 1. The van der Waals surface area contributed by atoms with Crippen LogP contribution < -0.4 is 10.5 Å². The first kappa shape index (κ1) is 16.3. The second-order valence-corrected chi connectivity index (χ2v) is 9.18. The minimum atomic E-state index is -3.70. The van der Waals surface area contributed by atoms with E-state index in [1.54, 1.807) is 18.2 Å². The molecule has 1 aromatic carbocycles.